The quantitative estimate of drug-likeness (QED) is 0.498. The zero-order chi connectivity index (χ0) is 14.0. The van der Waals surface area contributed by atoms with Crippen molar-refractivity contribution in [1.82, 2.24) is 0 Å². The Balaban J connectivity index is 2.45. The van der Waals surface area contributed by atoms with E-state index < -0.39 is 11.7 Å². The molecular weight excluding hydrogens is 327 g/mol. The number of rotatable bonds is 2. The molecule has 0 atom stereocenters. The molecule has 1 aromatic heterocycles. The van der Waals surface area contributed by atoms with E-state index in [-0.39, 0.29) is 21.6 Å². The first-order valence-electron chi connectivity index (χ1n) is 5.06. The number of hydrogen-bond donors (Lipinski definition) is 1. The SMILES string of the molecule is O/N=C/c1ccc(-c2ccc(Br)c(C(F)(F)F)c2)o1. The van der Waals surface area contributed by atoms with Crippen LogP contribution in [0.1, 0.15) is 11.3 Å². The zero-order valence-corrected chi connectivity index (χ0v) is 10.9. The topological polar surface area (TPSA) is 45.7 Å². The normalized spacial score (nSPS) is 12.2. The second kappa shape index (κ2) is 5.08. The van der Waals surface area contributed by atoms with Crippen molar-refractivity contribution >= 4 is 22.1 Å². The molecule has 0 fully saturated rings. The number of alkyl halides is 3. The minimum absolute atomic E-state index is 0.0348. The predicted molar refractivity (Wildman–Crippen MR) is 66.2 cm³/mol. The van der Waals surface area contributed by atoms with Crippen LogP contribution in [0.4, 0.5) is 13.2 Å². The van der Waals surface area contributed by atoms with Crippen molar-refractivity contribution in [3.63, 3.8) is 0 Å². The van der Waals surface area contributed by atoms with E-state index in [4.69, 9.17) is 9.62 Å². The van der Waals surface area contributed by atoms with E-state index in [1.165, 1.54) is 24.3 Å². The Kier molecular flexibility index (Phi) is 3.66. The van der Waals surface area contributed by atoms with E-state index in [2.05, 4.69) is 21.1 Å². The molecule has 3 nitrogen and oxygen atoms in total. The molecule has 0 saturated carbocycles. The van der Waals surface area contributed by atoms with Crippen LogP contribution in [0.15, 0.2) is 44.4 Å². The number of hydrogen-bond acceptors (Lipinski definition) is 3. The third kappa shape index (κ3) is 2.98. The third-order valence-corrected chi connectivity index (χ3v) is 3.06. The summed E-state index contributed by atoms with van der Waals surface area (Å²) in [5.41, 5.74) is -0.494. The van der Waals surface area contributed by atoms with E-state index in [1.807, 2.05) is 0 Å². The lowest BCUT2D eigenvalue weighted by atomic mass is 10.1. The molecule has 7 heteroatoms. The lowest BCUT2D eigenvalue weighted by Crippen LogP contribution is -2.05. The second-order valence-electron chi connectivity index (χ2n) is 3.64. The van der Waals surface area contributed by atoms with Gasteiger partial charge in [-0.2, -0.15) is 13.2 Å². The lowest BCUT2D eigenvalue weighted by molar-refractivity contribution is -0.138. The Labute approximate surface area is 114 Å². The molecule has 0 saturated heterocycles. The van der Waals surface area contributed by atoms with Crippen molar-refractivity contribution < 1.29 is 22.8 Å². The molecule has 1 aromatic carbocycles. The minimum atomic E-state index is -4.45. The maximum absolute atomic E-state index is 12.8. The van der Waals surface area contributed by atoms with Crippen LogP contribution in [0.3, 0.4) is 0 Å². The number of furan rings is 1. The van der Waals surface area contributed by atoms with Gasteiger partial charge >= 0.3 is 6.18 Å². The first-order valence-corrected chi connectivity index (χ1v) is 5.85. The fraction of sp³-hybridized carbons (Fsp3) is 0.0833. The van der Waals surface area contributed by atoms with Crippen LogP contribution in [-0.2, 0) is 6.18 Å². The summed E-state index contributed by atoms with van der Waals surface area (Å²) >= 11 is 2.86. The molecule has 100 valence electrons. The molecule has 2 rings (SSSR count). The summed E-state index contributed by atoms with van der Waals surface area (Å²) < 4.78 is 43.5. The highest BCUT2D eigenvalue weighted by molar-refractivity contribution is 9.10. The Bertz CT molecular complexity index is 620. The number of halogens is 4. The molecule has 1 heterocycles. The highest BCUT2D eigenvalue weighted by Crippen LogP contribution is 2.37. The first-order chi connectivity index (χ1) is 8.91. The van der Waals surface area contributed by atoms with Gasteiger partial charge in [-0.15, -0.1) is 0 Å². The maximum Gasteiger partial charge on any atom is 0.417 e. The van der Waals surface area contributed by atoms with E-state index in [0.29, 0.717) is 0 Å². The average molecular weight is 334 g/mol. The fourth-order valence-corrected chi connectivity index (χ4v) is 2.00. The Morgan fingerprint density at radius 2 is 1.95 bits per heavy atom. The number of nitrogens with zero attached hydrogens (tertiary/aromatic N) is 1. The predicted octanol–water partition coefficient (Wildman–Crippen LogP) is 4.54. The molecule has 0 aliphatic rings. The maximum atomic E-state index is 12.8. The summed E-state index contributed by atoms with van der Waals surface area (Å²) in [5.74, 6) is 0.502. The Hall–Kier alpha value is -1.76. The fourth-order valence-electron chi connectivity index (χ4n) is 1.53. The van der Waals surface area contributed by atoms with Crippen molar-refractivity contribution in [2.24, 2.45) is 5.16 Å². The molecule has 0 unspecified atom stereocenters. The number of oxime groups is 1. The van der Waals surface area contributed by atoms with Gasteiger partial charge in [-0.1, -0.05) is 27.2 Å². The van der Waals surface area contributed by atoms with E-state index >= 15 is 0 Å². The summed E-state index contributed by atoms with van der Waals surface area (Å²) in [7, 11) is 0. The van der Waals surface area contributed by atoms with Gasteiger partial charge in [0.05, 0.1) is 5.56 Å². The molecule has 0 aliphatic heterocycles. The minimum Gasteiger partial charge on any atom is -0.455 e. The van der Waals surface area contributed by atoms with Gasteiger partial charge in [0.25, 0.3) is 0 Å². The highest BCUT2D eigenvalue weighted by atomic mass is 79.9. The van der Waals surface area contributed by atoms with Gasteiger partial charge in [-0.25, -0.2) is 0 Å². The molecule has 0 amide bonds. The summed E-state index contributed by atoms with van der Waals surface area (Å²) in [6.07, 6.45) is -3.40. The van der Waals surface area contributed by atoms with Gasteiger partial charge in [0.2, 0.25) is 0 Å². The van der Waals surface area contributed by atoms with Crippen LogP contribution < -0.4 is 0 Å². The molecule has 0 radical (unpaired) electrons. The summed E-state index contributed by atoms with van der Waals surface area (Å²) in [5, 5.41) is 11.1. The molecule has 19 heavy (non-hydrogen) atoms. The van der Waals surface area contributed by atoms with Gasteiger partial charge in [0, 0.05) is 10.0 Å². The van der Waals surface area contributed by atoms with Crippen LogP contribution in [0.25, 0.3) is 11.3 Å². The first kappa shape index (κ1) is 13.7. The molecule has 0 bridgehead atoms. The van der Waals surface area contributed by atoms with Crippen LogP contribution >= 0.6 is 15.9 Å². The van der Waals surface area contributed by atoms with E-state index in [0.717, 1.165) is 12.3 Å². The molecule has 0 aliphatic carbocycles. The standard InChI is InChI=1S/C12H7BrF3NO2/c13-10-3-1-7(5-9(10)12(14,15)16)11-4-2-8(19-11)6-17-18/h1-6,18H/b17-6+. The Morgan fingerprint density at radius 1 is 1.21 bits per heavy atom. The largest absolute Gasteiger partial charge is 0.455 e. The van der Waals surface area contributed by atoms with E-state index in [1.54, 1.807) is 0 Å². The summed E-state index contributed by atoms with van der Waals surface area (Å²) in [6, 6.07) is 6.78. The van der Waals surface area contributed by atoms with Crippen LogP contribution in [0.2, 0.25) is 0 Å². The van der Waals surface area contributed by atoms with Crippen molar-refractivity contribution in [1.29, 1.82) is 0 Å². The van der Waals surface area contributed by atoms with Gasteiger partial charge in [0.15, 0.2) is 0 Å². The van der Waals surface area contributed by atoms with Crippen LogP contribution in [0.5, 0.6) is 0 Å². The van der Waals surface area contributed by atoms with Gasteiger partial charge < -0.3 is 9.62 Å². The number of benzene rings is 1. The monoisotopic (exact) mass is 333 g/mol. The second-order valence-corrected chi connectivity index (χ2v) is 4.49. The molecule has 0 spiro atoms. The smallest absolute Gasteiger partial charge is 0.417 e. The average Bonchev–Trinajstić information content (AvgIpc) is 2.77. The lowest BCUT2D eigenvalue weighted by Gasteiger charge is -2.10. The van der Waals surface area contributed by atoms with Crippen molar-refractivity contribution in [3.05, 3.63) is 46.1 Å². The highest BCUT2D eigenvalue weighted by Gasteiger charge is 2.33. The molecular formula is C12H7BrF3NO2. The van der Waals surface area contributed by atoms with E-state index in [9.17, 15) is 13.2 Å². The zero-order valence-electron chi connectivity index (χ0n) is 9.28. The molecule has 2 aromatic rings. The Morgan fingerprint density at radius 3 is 2.58 bits per heavy atom. The van der Waals surface area contributed by atoms with Crippen molar-refractivity contribution in [3.8, 4) is 11.3 Å². The van der Waals surface area contributed by atoms with Crippen LogP contribution in [-0.4, -0.2) is 11.4 Å². The van der Waals surface area contributed by atoms with Gasteiger partial charge in [0.1, 0.15) is 17.7 Å². The summed E-state index contributed by atoms with van der Waals surface area (Å²) in [6.45, 7) is 0. The van der Waals surface area contributed by atoms with Gasteiger partial charge in [-0.05, 0) is 24.3 Å². The third-order valence-electron chi connectivity index (χ3n) is 2.37. The summed E-state index contributed by atoms with van der Waals surface area (Å²) in [4.78, 5) is 0. The van der Waals surface area contributed by atoms with Crippen molar-refractivity contribution in [2.75, 3.05) is 0 Å². The van der Waals surface area contributed by atoms with Gasteiger partial charge in [-0.3, -0.25) is 0 Å². The van der Waals surface area contributed by atoms with Crippen LogP contribution in [0, 0.1) is 0 Å². The van der Waals surface area contributed by atoms with Crippen molar-refractivity contribution in [2.45, 2.75) is 6.18 Å². The molecule has 1 N–H and O–H groups in total.